The molecule has 0 fully saturated rings. The third-order valence-corrected chi connectivity index (χ3v) is 5.23. The van der Waals surface area contributed by atoms with Crippen LogP contribution >= 0.6 is 11.3 Å². The van der Waals surface area contributed by atoms with E-state index in [1.807, 2.05) is 12.3 Å². The van der Waals surface area contributed by atoms with Gasteiger partial charge in [-0.3, -0.25) is 4.57 Å². The molecule has 0 unspecified atom stereocenters. The van der Waals surface area contributed by atoms with Crippen molar-refractivity contribution in [3.63, 3.8) is 0 Å². The molecule has 0 spiro atoms. The predicted molar refractivity (Wildman–Crippen MR) is 97.8 cm³/mol. The van der Waals surface area contributed by atoms with Gasteiger partial charge in [0.25, 0.3) is 0 Å². The smallest absolute Gasteiger partial charge is 0.195 e. The van der Waals surface area contributed by atoms with E-state index in [2.05, 4.69) is 63.2 Å². The van der Waals surface area contributed by atoms with E-state index in [0.717, 1.165) is 22.9 Å². The summed E-state index contributed by atoms with van der Waals surface area (Å²) in [4.78, 5) is 12.3. The maximum atomic E-state index is 4.80. The lowest BCUT2D eigenvalue weighted by Gasteiger charge is -1.98. The molecule has 5 rings (SSSR count). The maximum absolute atomic E-state index is 4.80. The van der Waals surface area contributed by atoms with E-state index in [1.165, 1.54) is 21.2 Å². The van der Waals surface area contributed by atoms with Gasteiger partial charge in [0.15, 0.2) is 5.13 Å². The van der Waals surface area contributed by atoms with Crippen molar-refractivity contribution in [1.29, 1.82) is 0 Å². The summed E-state index contributed by atoms with van der Waals surface area (Å²) >= 11 is 1.71. The number of nitrogens with one attached hydrogen (secondary N) is 1. The average molecular weight is 330 g/mol. The minimum absolute atomic E-state index is 0.783. The van der Waals surface area contributed by atoms with Gasteiger partial charge in [-0.2, -0.15) is 0 Å². The molecule has 0 saturated carbocycles. The zero-order valence-corrected chi connectivity index (χ0v) is 13.6. The number of fused-ring (bicyclic) bond motifs is 2. The Morgan fingerprint density at radius 1 is 1.04 bits per heavy atom. The molecule has 0 atom stereocenters. The van der Waals surface area contributed by atoms with Crippen molar-refractivity contribution in [3.8, 4) is 5.13 Å². The maximum Gasteiger partial charge on any atom is 0.195 e. The molecule has 24 heavy (non-hydrogen) atoms. The molecule has 2 aromatic carbocycles. The number of hydrogen-bond acceptors (Lipinski definition) is 3. The summed E-state index contributed by atoms with van der Waals surface area (Å²) in [7, 11) is 0. The molecule has 5 heteroatoms. The Labute approximate surface area is 142 Å². The number of para-hydroxylation sites is 2. The summed E-state index contributed by atoms with van der Waals surface area (Å²) in [6.07, 6.45) is 6.63. The molecule has 0 aliphatic heterocycles. The first-order valence-electron chi connectivity index (χ1n) is 7.82. The molecular formula is C19H14N4S. The fraction of sp³-hybridized carbons (Fsp3) is 0.0526. The zero-order chi connectivity index (χ0) is 15.9. The Morgan fingerprint density at radius 2 is 1.92 bits per heavy atom. The quantitative estimate of drug-likeness (QED) is 0.527. The largest absolute Gasteiger partial charge is 0.348 e. The van der Waals surface area contributed by atoms with Gasteiger partial charge in [-0.05, 0) is 23.8 Å². The van der Waals surface area contributed by atoms with Crippen LogP contribution < -0.4 is 0 Å². The van der Waals surface area contributed by atoms with E-state index in [-0.39, 0.29) is 0 Å². The van der Waals surface area contributed by atoms with Crippen molar-refractivity contribution >= 4 is 32.5 Å². The third kappa shape index (κ3) is 2.13. The molecule has 3 aromatic heterocycles. The normalized spacial score (nSPS) is 11.5. The molecular weight excluding hydrogens is 316 g/mol. The molecule has 0 amide bonds. The number of nitrogens with zero attached hydrogens (tertiary/aromatic N) is 3. The first-order valence-corrected chi connectivity index (χ1v) is 8.63. The van der Waals surface area contributed by atoms with Crippen LogP contribution in [0.15, 0.2) is 67.1 Å². The summed E-state index contributed by atoms with van der Waals surface area (Å²) in [6, 6.07) is 16.7. The van der Waals surface area contributed by atoms with Crippen LogP contribution in [0.5, 0.6) is 0 Å². The summed E-state index contributed by atoms with van der Waals surface area (Å²) in [6.45, 7) is 0. The van der Waals surface area contributed by atoms with E-state index in [9.17, 15) is 0 Å². The fourth-order valence-corrected chi connectivity index (χ4v) is 4.04. The Kier molecular flexibility index (Phi) is 2.99. The van der Waals surface area contributed by atoms with Crippen LogP contribution in [0.1, 0.15) is 11.4 Å². The molecule has 1 N–H and O–H groups in total. The highest BCUT2D eigenvalue weighted by Crippen LogP contribution is 2.30. The van der Waals surface area contributed by atoms with Gasteiger partial charge < -0.3 is 4.98 Å². The SMILES string of the molecule is c1ccc2sc(-n3cc(Cc4ncc[nH]4)c4ccccc43)nc2c1. The Balaban J connectivity index is 1.70. The highest BCUT2D eigenvalue weighted by molar-refractivity contribution is 7.20. The summed E-state index contributed by atoms with van der Waals surface area (Å²) in [5.74, 6) is 0.974. The highest BCUT2D eigenvalue weighted by atomic mass is 32.1. The van der Waals surface area contributed by atoms with Gasteiger partial charge in [0.1, 0.15) is 5.82 Å². The first kappa shape index (κ1) is 13.5. The second-order valence-electron chi connectivity index (χ2n) is 5.72. The lowest BCUT2D eigenvalue weighted by Crippen LogP contribution is -1.91. The van der Waals surface area contributed by atoms with Crippen molar-refractivity contribution < 1.29 is 0 Å². The predicted octanol–water partition coefficient (Wildman–Crippen LogP) is 4.55. The summed E-state index contributed by atoms with van der Waals surface area (Å²) < 4.78 is 3.40. The fourth-order valence-electron chi connectivity index (χ4n) is 3.09. The van der Waals surface area contributed by atoms with Crippen LogP contribution in [0.3, 0.4) is 0 Å². The number of benzene rings is 2. The van der Waals surface area contributed by atoms with Crippen LogP contribution in [0.25, 0.3) is 26.3 Å². The number of rotatable bonds is 3. The van der Waals surface area contributed by atoms with Crippen LogP contribution in [0, 0.1) is 0 Å². The van der Waals surface area contributed by atoms with Crippen LogP contribution in [-0.4, -0.2) is 19.5 Å². The topological polar surface area (TPSA) is 46.5 Å². The monoisotopic (exact) mass is 330 g/mol. The van der Waals surface area contributed by atoms with E-state index in [1.54, 1.807) is 17.5 Å². The van der Waals surface area contributed by atoms with E-state index in [4.69, 9.17) is 4.98 Å². The second kappa shape index (κ2) is 5.32. The average Bonchev–Trinajstić information content (AvgIpc) is 3.33. The van der Waals surface area contributed by atoms with Crippen molar-refractivity contribution in [2.24, 2.45) is 0 Å². The first-order chi connectivity index (χ1) is 11.9. The molecule has 5 aromatic rings. The van der Waals surface area contributed by atoms with Crippen molar-refractivity contribution in [2.45, 2.75) is 6.42 Å². The zero-order valence-electron chi connectivity index (χ0n) is 12.8. The molecule has 4 nitrogen and oxygen atoms in total. The van der Waals surface area contributed by atoms with Gasteiger partial charge in [-0.25, -0.2) is 9.97 Å². The van der Waals surface area contributed by atoms with Gasteiger partial charge in [-0.15, -0.1) is 0 Å². The molecule has 0 saturated heterocycles. The molecule has 0 bridgehead atoms. The van der Waals surface area contributed by atoms with Gasteiger partial charge in [0, 0.05) is 30.4 Å². The lowest BCUT2D eigenvalue weighted by molar-refractivity contribution is 1.02. The number of aromatic amines is 1. The lowest BCUT2D eigenvalue weighted by atomic mass is 10.1. The summed E-state index contributed by atoms with van der Waals surface area (Å²) in [5, 5.41) is 2.24. The van der Waals surface area contributed by atoms with Crippen molar-refractivity contribution in [3.05, 3.63) is 78.5 Å². The Morgan fingerprint density at radius 3 is 2.79 bits per heavy atom. The highest BCUT2D eigenvalue weighted by Gasteiger charge is 2.13. The number of imidazole rings is 1. The number of thiazole rings is 1. The third-order valence-electron chi connectivity index (χ3n) is 4.20. The van der Waals surface area contributed by atoms with E-state index >= 15 is 0 Å². The number of H-pyrrole nitrogens is 1. The van der Waals surface area contributed by atoms with E-state index < -0.39 is 0 Å². The van der Waals surface area contributed by atoms with Gasteiger partial charge in [-0.1, -0.05) is 41.7 Å². The Hall–Kier alpha value is -2.92. The molecule has 116 valence electrons. The van der Waals surface area contributed by atoms with Gasteiger partial charge >= 0.3 is 0 Å². The molecule has 0 radical (unpaired) electrons. The molecule has 0 aliphatic carbocycles. The molecule has 3 heterocycles. The minimum atomic E-state index is 0.783. The number of hydrogen-bond donors (Lipinski definition) is 1. The van der Waals surface area contributed by atoms with Crippen LogP contribution in [0.2, 0.25) is 0 Å². The van der Waals surface area contributed by atoms with Crippen LogP contribution in [0.4, 0.5) is 0 Å². The Bertz CT molecular complexity index is 1100. The minimum Gasteiger partial charge on any atom is -0.348 e. The second-order valence-corrected chi connectivity index (χ2v) is 6.73. The number of aromatic nitrogens is 4. The summed E-state index contributed by atoms with van der Waals surface area (Å²) in [5.41, 5.74) is 3.47. The van der Waals surface area contributed by atoms with Gasteiger partial charge in [0.05, 0.1) is 15.7 Å². The molecule has 0 aliphatic rings. The van der Waals surface area contributed by atoms with Gasteiger partial charge in [0.2, 0.25) is 0 Å². The van der Waals surface area contributed by atoms with Crippen molar-refractivity contribution in [2.75, 3.05) is 0 Å². The van der Waals surface area contributed by atoms with Crippen molar-refractivity contribution in [1.82, 2.24) is 19.5 Å². The van der Waals surface area contributed by atoms with E-state index in [0.29, 0.717) is 0 Å². The van der Waals surface area contributed by atoms with Crippen LogP contribution in [-0.2, 0) is 6.42 Å². The standard InChI is InChI=1S/C19H14N4S/c1-3-7-16-14(5-1)13(11-18-20-9-10-21-18)12-23(16)19-22-15-6-2-4-8-17(15)24-19/h1-10,12H,11H2,(H,20,21).